The number of hydrogen-bond acceptors (Lipinski definition) is 6. The van der Waals surface area contributed by atoms with Crippen molar-refractivity contribution in [3.63, 3.8) is 0 Å². The molecule has 1 aliphatic carbocycles. The number of nitrogens with zero attached hydrogens (tertiary/aromatic N) is 3. The molecule has 0 bridgehead atoms. The molecule has 0 saturated heterocycles. The topological polar surface area (TPSA) is 78.0 Å². The second-order valence-corrected chi connectivity index (χ2v) is 10.5. The first-order chi connectivity index (χ1) is 17.6. The third kappa shape index (κ3) is 6.04. The Morgan fingerprint density at radius 3 is 2.44 bits per heavy atom. The first-order valence-corrected chi connectivity index (χ1v) is 13.7. The first-order valence-electron chi connectivity index (χ1n) is 11.6. The lowest BCUT2D eigenvalue weighted by atomic mass is 9.88. The van der Waals surface area contributed by atoms with Crippen LogP contribution in [0.5, 0.6) is 0 Å². The van der Waals surface area contributed by atoms with Gasteiger partial charge in [-0.15, -0.1) is 0 Å². The molecular formula is C26H26ClFN6S2. The van der Waals surface area contributed by atoms with Crippen LogP contribution >= 0.6 is 35.7 Å². The molecule has 1 aliphatic heterocycles. The molecule has 3 aromatic rings. The summed E-state index contributed by atoms with van der Waals surface area (Å²) >= 11 is 8.67. The van der Waals surface area contributed by atoms with Gasteiger partial charge in [0.1, 0.15) is 5.82 Å². The van der Waals surface area contributed by atoms with E-state index in [1.54, 1.807) is 12.1 Å². The van der Waals surface area contributed by atoms with Crippen LogP contribution in [0.3, 0.4) is 0 Å². The SMILES string of the molecule is NSNC1CC(N=C(NSc2ccc(Cl)cc2)N2CC(c3ccccc3)C(c3ccc(F)cc3)=N2)C1. The summed E-state index contributed by atoms with van der Waals surface area (Å²) in [6.45, 7) is 0.622. The average molecular weight is 541 g/mol. The van der Waals surface area contributed by atoms with Crippen LogP contribution in [0.2, 0.25) is 5.02 Å². The standard InChI is InChI=1S/C26H26ClFN6S2/c27-19-8-12-23(13-9-19)35-33-26(30-21-14-22(15-21)32-36-29)34-16-24(17-4-2-1-3-5-17)25(31-34)18-6-10-20(28)11-7-18/h1-13,21-22,24,32H,14-16,29H2,(H,30,33). The van der Waals surface area contributed by atoms with Crippen LogP contribution in [0.25, 0.3) is 0 Å². The van der Waals surface area contributed by atoms with E-state index in [0.717, 1.165) is 46.7 Å². The fraction of sp³-hybridized carbons (Fsp3) is 0.231. The van der Waals surface area contributed by atoms with Crippen LogP contribution in [0.15, 0.2) is 93.9 Å². The summed E-state index contributed by atoms with van der Waals surface area (Å²) in [5.41, 5.74) is 2.94. The zero-order valence-electron chi connectivity index (χ0n) is 19.4. The molecule has 10 heteroatoms. The van der Waals surface area contributed by atoms with E-state index < -0.39 is 0 Å². The minimum atomic E-state index is -0.266. The largest absolute Gasteiger partial charge is 0.295 e. The minimum absolute atomic E-state index is 0.0219. The number of benzene rings is 3. The molecule has 3 aromatic carbocycles. The zero-order valence-corrected chi connectivity index (χ0v) is 21.7. The minimum Gasteiger partial charge on any atom is -0.295 e. The average Bonchev–Trinajstić information content (AvgIpc) is 3.32. The van der Waals surface area contributed by atoms with Gasteiger partial charge in [-0.25, -0.2) is 19.1 Å². The lowest BCUT2D eigenvalue weighted by Crippen LogP contribution is -2.43. The Kier molecular flexibility index (Phi) is 8.13. The van der Waals surface area contributed by atoms with Crippen molar-refractivity contribution < 1.29 is 4.39 Å². The van der Waals surface area contributed by atoms with Crippen LogP contribution in [0, 0.1) is 5.82 Å². The maximum absolute atomic E-state index is 13.7. The number of nitrogens with one attached hydrogen (secondary N) is 2. The molecule has 1 heterocycles. The predicted molar refractivity (Wildman–Crippen MR) is 148 cm³/mol. The molecule has 0 amide bonds. The van der Waals surface area contributed by atoms with Gasteiger partial charge >= 0.3 is 0 Å². The molecule has 0 spiro atoms. The summed E-state index contributed by atoms with van der Waals surface area (Å²) in [5.74, 6) is 0.447. The van der Waals surface area contributed by atoms with Crippen LogP contribution in [-0.2, 0) is 0 Å². The maximum Gasteiger partial charge on any atom is 0.225 e. The monoisotopic (exact) mass is 540 g/mol. The maximum atomic E-state index is 13.7. The normalized spacial score (nSPS) is 21.8. The molecule has 0 aromatic heterocycles. The van der Waals surface area contributed by atoms with Gasteiger partial charge in [0.25, 0.3) is 0 Å². The van der Waals surface area contributed by atoms with Crippen LogP contribution in [0.4, 0.5) is 4.39 Å². The highest BCUT2D eigenvalue weighted by atomic mass is 35.5. The first kappa shape index (κ1) is 25.1. The van der Waals surface area contributed by atoms with Gasteiger partial charge in [-0.2, -0.15) is 5.10 Å². The predicted octanol–water partition coefficient (Wildman–Crippen LogP) is 5.58. The molecule has 1 atom stereocenters. The second kappa shape index (κ2) is 11.7. The number of halogens is 2. The van der Waals surface area contributed by atoms with Crippen LogP contribution < -0.4 is 14.6 Å². The highest BCUT2D eigenvalue weighted by Gasteiger charge is 2.34. The molecule has 1 fully saturated rings. The summed E-state index contributed by atoms with van der Waals surface area (Å²) < 4.78 is 20.3. The molecule has 36 heavy (non-hydrogen) atoms. The molecule has 1 saturated carbocycles. The van der Waals surface area contributed by atoms with Crippen molar-refractivity contribution in [2.24, 2.45) is 15.2 Å². The van der Waals surface area contributed by atoms with Crippen molar-refractivity contribution in [2.75, 3.05) is 6.54 Å². The Hall–Kier alpha value is -2.56. The fourth-order valence-electron chi connectivity index (χ4n) is 4.27. The third-order valence-electron chi connectivity index (χ3n) is 6.23. The van der Waals surface area contributed by atoms with E-state index in [1.807, 2.05) is 47.5 Å². The molecule has 1 unspecified atom stereocenters. The summed E-state index contributed by atoms with van der Waals surface area (Å²) in [6.07, 6.45) is 1.82. The Labute approximate surface area is 224 Å². The molecule has 2 aliphatic rings. The van der Waals surface area contributed by atoms with Gasteiger partial charge in [-0.1, -0.05) is 54.1 Å². The van der Waals surface area contributed by atoms with E-state index in [4.69, 9.17) is 26.8 Å². The van der Waals surface area contributed by atoms with Crippen molar-refractivity contribution in [1.82, 2.24) is 14.5 Å². The van der Waals surface area contributed by atoms with Gasteiger partial charge in [0.15, 0.2) is 0 Å². The number of guanidine groups is 1. The van der Waals surface area contributed by atoms with E-state index >= 15 is 0 Å². The third-order valence-corrected chi connectivity index (χ3v) is 7.74. The number of hydrazone groups is 1. The van der Waals surface area contributed by atoms with Crippen molar-refractivity contribution in [2.45, 2.75) is 35.7 Å². The fourth-order valence-corrected chi connectivity index (χ4v) is 5.42. The lowest BCUT2D eigenvalue weighted by Gasteiger charge is -2.33. The molecule has 186 valence electrons. The molecular weight excluding hydrogens is 515 g/mol. The highest BCUT2D eigenvalue weighted by Crippen LogP contribution is 2.31. The van der Waals surface area contributed by atoms with E-state index in [0.29, 0.717) is 23.6 Å². The highest BCUT2D eigenvalue weighted by molar-refractivity contribution is 7.98. The quantitative estimate of drug-likeness (QED) is 0.206. The Morgan fingerprint density at radius 2 is 1.75 bits per heavy atom. The lowest BCUT2D eigenvalue weighted by molar-refractivity contribution is 0.330. The zero-order chi connectivity index (χ0) is 24.9. The number of hydrogen-bond donors (Lipinski definition) is 3. The second-order valence-electron chi connectivity index (χ2n) is 8.71. The van der Waals surface area contributed by atoms with Crippen molar-refractivity contribution in [3.05, 3.63) is 101 Å². The van der Waals surface area contributed by atoms with E-state index in [-0.39, 0.29) is 17.8 Å². The van der Waals surface area contributed by atoms with Crippen molar-refractivity contribution >= 4 is 47.4 Å². The number of rotatable bonds is 7. The Bertz CT molecular complexity index is 1220. The van der Waals surface area contributed by atoms with Gasteiger partial charge in [-0.05, 0) is 72.3 Å². The molecule has 0 radical (unpaired) electrons. The number of nitrogens with two attached hydrogens (primary N) is 1. The van der Waals surface area contributed by atoms with E-state index in [1.165, 1.54) is 24.1 Å². The Morgan fingerprint density at radius 1 is 1.03 bits per heavy atom. The Balaban J connectivity index is 1.43. The molecule has 4 N–H and O–H groups in total. The number of aliphatic imine (C=N–C) groups is 1. The summed E-state index contributed by atoms with van der Waals surface area (Å²) in [7, 11) is 0. The van der Waals surface area contributed by atoms with Gasteiger partial charge in [0.05, 0.1) is 18.3 Å². The van der Waals surface area contributed by atoms with Crippen LogP contribution in [0.1, 0.15) is 29.9 Å². The summed E-state index contributed by atoms with van der Waals surface area (Å²) in [5, 5.41) is 13.2. The molecule has 5 rings (SSSR count). The van der Waals surface area contributed by atoms with Gasteiger partial charge < -0.3 is 0 Å². The van der Waals surface area contributed by atoms with Gasteiger partial charge in [0.2, 0.25) is 5.96 Å². The molecule has 6 nitrogen and oxygen atoms in total. The van der Waals surface area contributed by atoms with Gasteiger partial charge in [-0.3, -0.25) is 9.86 Å². The summed E-state index contributed by atoms with van der Waals surface area (Å²) in [6, 6.07) is 25.0. The van der Waals surface area contributed by atoms with E-state index in [9.17, 15) is 4.39 Å². The van der Waals surface area contributed by atoms with Gasteiger partial charge in [0, 0.05) is 34.0 Å². The van der Waals surface area contributed by atoms with Crippen molar-refractivity contribution in [1.29, 1.82) is 0 Å². The smallest absolute Gasteiger partial charge is 0.225 e. The van der Waals surface area contributed by atoms with Crippen molar-refractivity contribution in [3.8, 4) is 0 Å². The summed E-state index contributed by atoms with van der Waals surface area (Å²) in [4.78, 5) is 6.04. The van der Waals surface area contributed by atoms with Crippen LogP contribution in [-0.4, -0.2) is 35.3 Å². The van der Waals surface area contributed by atoms with E-state index in [2.05, 4.69) is 21.6 Å².